The topological polar surface area (TPSA) is 75.0 Å². The van der Waals surface area contributed by atoms with E-state index < -0.39 is 0 Å². The molecule has 238 valence electrons. The van der Waals surface area contributed by atoms with Crippen LogP contribution in [0.2, 0.25) is 0 Å². The van der Waals surface area contributed by atoms with Crippen molar-refractivity contribution in [3.8, 4) is 22.9 Å². The third kappa shape index (κ3) is 4.73. The van der Waals surface area contributed by atoms with Crippen molar-refractivity contribution in [1.82, 2.24) is 9.13 Å². The second kappa shape index (κ2) is 12.0. The highest BCUT2D eigenvalue weighted by molar-refractivity contribution is 6.18. The highest BCUT2D eigenvalue weighted by atomic mass is 16.3. The standard InChI is InChI=1S/C44H30N4O2/c49-41-25-23-39-43(31-17-7-11-21-37(31)47(39)29-13-3-1-4-14-29)33(41)27-45-35-19-9-10-20-36(35)46-28-34-42(50)26-24-40-44(34)32-18-8-12-22-38(32)48(40)30-15-5-2-6-16-30/h1-28,49-50H. The van der Waals surface area contributed by atoms with E-state index >= 15 is 0 Å². The van der Waals surface area contributed by atoms with Gasteiger partial charge in [0.1, 0.15) is 11.5 Å². The van der Waals surface area contributed by atoms with E-state index in [-0.39, 0.29) is 11.5 Å². The molecule has 2 N–H and O–H groups in total. The largest absolute Gasteiger partial charge is 0.507 e. The summed E-state index contributed by atoms with van der Waals surface area (Å²) in [4.78, 5) is 9.78. The molecular formula is C44H30N4O2. The Morgan fingerprint density at radius 3 is 1.20 bits per heavy atom. The Morgan fingerprint density at radius 1 is 0.380 bits per heavy atom. The summed E-state index contributed by atoms with van der Waals surface area (Å²) in [5.74, 6) is 0.286. The number of aromatic hydroxyl groups is 2. The summed E-state index contributed by atoms with van der Waals surface area (Å²) < 4.78 is 4.42. The number of benzene rings is 7. The molecule has 2 aromatic heterocycles. The second-order valence-corrected chi connectivity index (χ2v) is 12.2. The van der Waals surface area contributed by atoms with Gasteiger partial charge in [-0.15, -0.1) is 0 Å². The monoisotopic (exact) mass is 646 g/mol. The summed E-state index contributed by atoms with van der Waals surface area (Å²) in [5.41, 5.74) is 8.63. The molecule has 0 spiro atoms. The number of rotatable bonds is 6. The zero-order valence-corrected chi connectivity index (χ0v) is 26.8. The summed E-state index contributed by atoms with van der Waals surface area (Å²) in [6.45, 7) is 0. The number of hydrogen-bond acceptors (Lipinski definition) is 4. The van der Waals surface area contributed by atoms with Crippen molar-refractivity contribution in [1.29, 1.82) is 0 Å². The molecule has 0 aliphatic carbocycles. The lowest BCUT2D eigenvalue weighted by atomic mass is 10.1. The number of aromatic nitrogens is 2. The molecule has 0 fully saturated rings. The van der Waals surface area contributed by atoms with Gasteiger partial charge in [-0.2, -0.15) is 0 Å². The lowest BCUT2D eigenvalue weighted by molar-refractivity contribution is 0.475. The summed E-state index contributed by atoms with van der Waals surface area (Å²) in [5, 5.41) is 26.3. The van der Waals surface area contributed by atoms with Crippen LogP contribution in [-0.4, -0.2) is 31.8 Å². The number of fused-ring (bicyclic) bond motifs is 6. The lowest BCUT2D eigenvalue weighted by Crippen LogP contribution is -1.93. The first kappa shape index (κ1) is 29.2. The predicted octanol–water partition coefficient (Wildman–Crippen LogP) is 10.8. The lowest BCUT2D eigenvalue weighted by Gasteiger charge is -2.08. The van der Waals surface area contributed by atoms with E-state index in [1.54, 1.807) is 24.6 Å². The fourth-order valence-electron chi connectivity index (χ4n) is 7.07. The molecule has 0 amide bonds. The van der Waals surface area contributed by atoms with Gasteiger partial charge in [0.2, 0.25) is 0 Å². The zero-order chi connectivity index (χ0) is 33.6. The summed E-state index contributed by atoms with van der Waals surface area (Å²) in [6.07, 6.45) is 3.44. The molecule has 0 unspecified atom stereocenters. The Kier molecular flexibility index (Phi) is 6.99. The molecule has 0 aliphatic rings. The quantitative estimate of drug-likeness (QED) is 0.176. The molecule has 0 saturated carbocycles. The molecule has 0 bridgehead atoms. The molecule has 2 heterocycles. The molecule has 9 rings (SSSR count). The van der Waals surface area contributed by atoms with Crippen LogP contribution in [0, 0.1) is 0 Å². The van der Waals surface area contributed by atoms with Crippen LogP contribution in [0.3, 0.4) is 0 Å². The van der Waals surface area contributed by atoms with E-state index in [1.165, 1.54) is 0 Å². The third-order valence-electron chi connectivity index (χ3n) is 9.29. The average molecular weight is 647 g/mol. The highest BCUT2D eigenvalue weighted by Crippen LogP contribution is 2.39. The van der Waals surface area contributed by atoms with Gasteiger partial charge in [-0.25, -0.2) is 0 Å². The first-order valence-electron chi connectivity index (χ1n) is 16.5. The van der Waals surface area contributed by atoms with Crippen LogP contribution in [0.15, 0.2) is 168 Å². The minimum atomic E-state index is 0.143. The molecule has 9 aromatic rings. The van der Waals surface area contributed by atoms with Crippen molar-refractivity contribution in [2.75, 3.05) is 0 Å². The molecule has 50 heavy (non-hydrogen) atoms. The van der Waals surface area contributed by atoms with Gasteiger partial charge in [-0.3, -0.25) is 9.98 Å². The van der Waals surface area contributed by atoms with Gasteiger partial charge in [0, 0.05) is 56.5 Å². The van der Waals surface area contributed by atoms with Gasteiger partial charge >= 0.3 is 0 Å². The number of phenolic OH excluding ortho intramolecular Hbond substituents is 2. The van der Waals surface area contributed by atoms with Crippen LogP contribution in [0.4, 0.5) is 11.4 Å². The fourth-order valence-corrected chi connectivity index (χ4v) is 7.07. The smallest absolute Gasteiger partial charge is 0.125 e. The van der Waals surface area contributed by atoms with Crippen LogP contribution >= 0.6 is 0 Å². The van der Waals surface area contributed by atoms with E-state index in [0.717, 1.165) is 55.0 Å². The molecule has 7 aromatic carbocycles. The Hall–Kier alpha value is -6.92. The number of phenols is 2. The van der Waals surface area contributed by atoms with E-state index in [0.29, 0.717) is 22.5 Å². The number of para-hydroxylation sites is 6. The summed E-state index contributed by atoms with van der Waals surface area (Å²) >= 11 is 0. The van der Waals surface area contributed by atoms with Crippen molar-refractivity contribution in [3.63, 3.8) is 0 Å². The Bertz CT molecular complexity index is 2580. The molecular weight excluding hydrogens is 617 g/mol. The van der Waals surface area contributed by atoms with Gasteiger partial charge in [0.05, 0.1) is 33.4 Å². The van der Waals surface area contributed by atoms with Crippen LogP contribution in [0.5, 0.6) is 11.5 Å². The van der Waals surface area contributed by atoms with E-state index in [1.807, 2.05) is 97.1 Å². The zero-order valence-electron chi connectivity index (χ0n) is 26.8. The van der Waals surface area contributed by atoms with Gasteiger partial charge in [-0.05, 0) is 72.8 Å². The maximum absolute atomic E-state index is 11.2. The highest BCUT2D eigenvalue weighted by Gasteiger charge is 2.18. The molecule has 6 nitrogen and oxygen atoms in total. The summed E-state index contributed by atoms with van der Waals surface area (Å²) in [7, 11) is 0. The molecule has 0 aliphatic heterocycles. The average Bonchev–Trinajstić information content (AvgIpc) is 3.68. The summed E-state index contributed by atoms with van der Waals surface area (Å²) in [6, 6.07) is 51.8. The van der Waals surface area contributed by atoms with Crippen LogP contribution in [0.25, 0.3) is 55.0 Å². The fraction of sp³-hybridized carbons (Fsp3) is 0. The second-order valence-electron chi connectivity index (χ2n) is 12.2. The van der Waals surface area contributed by atoms with E-state index in [4.69, 9.17) is 9.98 Å². The van der Waals surface area contributed by atoms with Gasteiger partial charge < -0.3 is 19.3 Å². The van der Waals surface area contributed by atoms with Crippen molar-refractivity contribution in [2.24, 2.45) is 9.98 Å². The number of aliphatic imine (C=N–C) groups is 2. The van der Waals surface area contributed by atoms with E-state index in [2.05, 4.69) is 57.7 Å². The number of hydrogen-bond donors (Lipinski definition) is 2. The Morgan fingerprint density at radius 2 is 0.760 bits per heavy atom. The first-order chi connectivity index (χ1) is 24.7. The van der Waals surface area contributed by atoms with Gasteiger partial charge in [0.25, 0.3) is 0 Å². The van der Waals surface area contributed by atoms with Crippen LogP contribution in [-0.2, 0) is 0 Å². The maximum Gasteiger partial charge on any atom is 0.125 e. The third-order valence-corrected chi connectivity index (χ3v) is 9.29. The number of nitrogens with zero attached hydrogens (tertiary/aromatic N) is 4. The molecule has 6 heteroatoms. The molecule has 0 saturated heterocycles. The molecule has 0 radical (unpaired) electrons. The minimum absolute atomic E-state index is 0.143. The SMILES string of the molecule is Oc1ccc2c(c1C=Nc1ccccc1N=Cc1c(O)ccc3c1c1ccccc1n3-c1ccccc1)c1ccccc1n2-c1ccccc1. The van der Waals surface area contributed by atoms with Crippen molar-refractivity contribution in [3.05, 3.63) is 169 Å². The Labute approximate surface area is 287 Å². The maximum atomic E-state index is 11.2. The van der Waals surface area contributed by atoms with Gasteiger partial charge in [-0.1, -0.05) is 84.9 Å². The first-order valence-corrected chi connectivity index (χ1v) is 16.5. The van der Waals surface area contributed by atoms with Crippen molar-refractivity contribution in [2.45, 2.75) is 0 Å². The van der Waals surface area contributed by atoms with E-state index in [9.17, 15) is 10.2 Å². The minimum Gasteiger partial charge on any atom is -0.507 e. The molecule has 0 atom stereocenters. The normalized spacial score (nSPS) is 12.0. The van der Waals surface area contributed by atoms with Crippen LogP contribution < -0.4 is 0 Å². The Balaban J connectivity index is 1.17. The van der Waals surface area contributed by atoms with Crippen molar-refractivity contribution >= 4 is 67.4 Å². The van der Waals surface area contributed by atoms with Crippen LogP contribution in [0.1, 0.15) is 11.1 Å². The predicted molar refractivity (Wildman–Crippen MR) is 206 cm³/mol. The van der Waals surface area contributed by atoms with Crippen molar-refractivity contribution < 1.29 is 10.2 Å². The van der Waals surface area contributed by atoms with Gasteiger partial charge in [0.15, 0.2) is 0 Å².